The van der Waals surface area contributed by atoms with Gasteiger partial charge in [0, 0.05) is 11.6 Å². The third kappa shape index (κ3) is 3.32. The number of Topliss-reactive ketones (excluding diaryl/α,β-unsaturated/α-hetero) is 1. The monoisotopic (exact) mass is 375 g/mol. The van der Waals surface area contributed by atoms with Crippen molar-refractivity contribution in [3.63, 3.8) is 0 Å². The highest BCUT2D eigenvalue weighted by atomic mass is 32.2. The Morgan fingerprint density at radius 2 is 1.69 bits per heavy atom. The van der Waals surface area contributed by atoms with E-state index in [-0.39, 0.29) is 18.1 Å². The molecule has 1 atom stereocenters. The fourth-order valence-corrected chi connectivity index (χ4v) is 4.90. The zero-order valence-electron chi connectivity index (χ0n) is 14.9. The number of nitrogens with zero attached hydrogens (tertiary/aromatic N) is 1. The summed E-state index contributed by atoms with van der Waals surface area (Å²) in [6, 6.07) is 11.8. The number of fused-ring (bicyclic) bond motifs is 1. The number of carbonyl (C=O) groups excluding carboxylic acids is 1. The molecule has 0 spiro atoms. The van der Waals surface area contributed by atoms with Crippen molar-refractivity contribution in [3.8, 4) is 11.5 Å². The quantitative estimate of drug-likeness (QED) is 0.803. The highest BCUT2D eigenvalue weighted by molar-refractivity contribution is 7.88. The maximum Gasteiger partial charge on any atom is 0.219 e. The van der Waals surface area contributed by atoms with E-state index in [1.807, 2.05) is 6.07 Å². The molecule has 0 aromatic heterocycles. The Morgan fingerprint density at radius 1 is 1.08 bits per heavy atom. The molecule has 26 heavy (non-hydrogen) atoms. The summed E-state index contributed by atoms with van der Waals surface area (Å²) in [5, 5.41) is 0. The zero-order valence-corrected chi connectivity index (χ0v) is 15.7. The van der Waals surface area contributed by atoms with Crippen LogP contribution in [0.1, 0.15) is 34.5 Å². The fourth-order valence-electron chi connectivity index (χ4n) is 3.21. The molecule has 0 amide bonds. The molecule has 1 heterocycles. The number of sulfonamides is 1. The van der Waals surface area contributed by atoms with E-state index in [0.29, 0.717) is 28.2 Å². The first-order valence-corrected chi connectivity index (χ1v) is 9.81. The summed E-state index contributed by atoms with van der Waals surface area (Å²) in [7, 11) is -0.655. The molecule has 6 nitrogen and oxygen atoms in total. The van der Waals surface area contributed by atoms with Crippen LogP contribution in [-0.4, -0.2) is 39.3 Å². The standard InChI is InChI=1S/C19H21NO5S/c1-13-15-9-18(24-2)19(25-3)10-16(15)17(21)11-20(13)26(22,23)12-14-7-5-4-6-8-14/h4-10,13H,11-12H2,1-3H3. The topological polar surface area (TPSA) is 72.9 Å². The van der Waals surface area contributed by atoms with Gasteiger partial charge in [-0.1, -0.05) is 30.3 Å². The van der Waals surface area contributed by atoms with Crippen molar-refractivity contribution in [2.75, 3.05) is 20.8 Å². The lowest BCUT2D eigenvalue weighted by Gasteiger charge is -2.33. The summed E-state index contributed by atoms with van der Waals surface area (Å²) >= 11 is 0. The van der Waals surface area contributed by atoms with Crippen molar-refractivity contribution in [3.05, 3.63) is 59.2 Å². The van der Waals surface area contributed by atoms with E-state index in [4.69, 9.17) is 9.47 Å². The minimum Gasteiger partial charge on any atom is -0.493 e. The summed E-state index contributed by atoms with van der Waals surface area (Å²) in [6.07, 6.45) is 0. The van der Waals surface area contributed by atoms with Crippen LogP contribution in [0.15, 0.2) is 42.5 Å². The van der Waals surface area contributed by atoms with Crippen LogP contribution in [0, 0.1) is 0 Å². The summed E-state index contributed by atoms with van der Waals surface area (Å²) < 4.78 is 37.6. The van der Waals surface area contributed by atoms with Crippen molar-refractivity contribution >= 4 is 15.8 Å². The Morgan fingerprint density at radius 3 is 2.31 bits per heavy atom. The van der Waals surface area contributed by atoms with Gasteiger partial charge in [-0.15, -0.1) is 0 Å². The molecule has 0 aliphatic carbocycles. The van der Waals surface area contributed by atoms with Crippen LogP contribution in [0.3, 0.4) is 0 Å². The molecule has 0 saturated heterocycles. The highest BCUT2D eigenvalue weighted by Crippen LogP contribution is 2.39. The summed E-state index contributed by atoms with van der Waals surface area (Å²) in [5.74, 6) is 0.518. The Labute approximate surface area is 153 Å². The molecule has 2 aromatic carbocycles. The van der Waals surface area contributed by atoms with Gasteiger partial charge < -0.3 is 9.47 Å². The van der Waals surface area contributed by atoms with Gasteiger partial charge in [-0.05, 0) is 30.2 Å². The smallest absolute Gasteiger partial charge is 0.219 e. The van der Waals surface area contributed by atoms with Crippen molar-refractivity contribution in [2.45, 2.75) is 18.7 Å². The second kappa shape index (κ2) is 7.09. The number of benzene rings is 2. The molecule has 0 fully saturated rings. The van der Waals surface area contributed by atoms with Crippen LogP contribution in [0.25, 0.3) is 0 Å². The maximum atomic E-state index is 12.9. The minimum absolute atomic E-state index is 0.145. The van der Waals surface area contributed by atoms with Crippen LogP contribution in [0.2, 0.25) is 0 Å². The van der Waals surface area contributed by atoms with Gasteiger partial charge in [0.1, 0.15) is 0 Å². The van der Waals surface area contributed by atoms with Gasteiger partial charge in [-0.3, -0.25) is 4.79 Å². The van der Waals surface area contributed by atoms with Crippen LogP contribution in [-0.2, 0) is 15.8 Å². The SMILES string of the molecule is COc1cc2c(cc1OC)C(C)N(S(=O)(=O)Cc1ccccc1)CC2=O. The number of ether oxygens (including phenoxy) is 2. The second-order valence-corrected chi connectivity index (χ2v) is 8.10. The number of carbonyl (C=O) groups is 1. The summed E-state index contributed by atoms with van der Waals surface area (Å²) in [6.45, 7) is 1.60. The third-order valence-corrected chi connectivity index (χ3v) is 6.44. The molecule has 0 N–H and O–H groups in total. The van der Waals surface area contributed by atoms with E-state index in [2.05, 4.69) is 0 Å². The Bertz CT molecular complexity index is 924. The first-order chi connectivity index (χ1) is 12.4. The average Bonchev–Trinajstić information content (AvgIpc) is 2.63. The van der Waals surface area contributed by atoms with Gasteiger partial charge >= 0.3 is 0 Å². The van der Waals surface area contributed by atoms with Crippen molar-refractivity contribution < 1.29 is 22.7 Å². The van der Waals surface area contributed by atoms with E-state index >= 15 is 0 Å². The van der Waals surface area contributed by atoms with Gasteiger partial charge in [0.15, 0.2) is 17.3 Å². The first-order valence-electron chi connectivity index (χ1n) is 8.20. The number of hydrogen-bond donors (Lipinski definition) is 0. The Kier molecular flexibility index (Phi) is 5.02. The van der Waals surface area contributed by atoms with E-state index in [0.717, 1.165) is 0 Å². The lowest BCUT2D eigenvalue weighted by atomic mass is 9.93. The van der Waals surface area contributed by atoms with Gasteiger partial charge in [0.25, 0.3) is 0 Å². The van der Waals surface area contributed by atoms with E-state index in [1.54, 1.807) is 43.3 Å². The van der Waals surface area contributed by atoms with Crippen LogP contribution < -0.4 is 9.47 Å². The molecule has 1 aliphatic rings. The molecule has 2 aromatic rings. The number of ketones is 1. The summed E-state index contributed by atoms with van der Waals surface area (Å²) in [5.41, 5.74) is 1.78. The molecule has 1 unspecified atom stereocenters. The average molecular weight is 375 g/mol. The van der Waals surface area contributed by atoms with E-state index in [9.17, 15) is 13.2 Å². The number of rotatable bonds is 5. The molecule has 0 radical (unpaired) electrons. The molecule has 0 saturated carbocycles. The highest BCUT2D eigenvalue weighted by Gasteiger charge is 2.37. The lowest BCUT2D eigenvalue weighted by molar-refractivity contribution is 0.0934. The van der Waals surface area contributed by atoms with Crippen molar-refractivity contribution in [1.29, 1.82) is 0 Å². The van der Waals surface area contributed by atoms with Crippen LogP contribution in [0.5, 0.6) is 11.5 Å². The van der Waals surface area contributed by atoms with Gasteiger partial charge in [-0.25, -0.2) is 8.42 Å². The third-order valence-electron chi connectivity index (χ3n) is 4.59. The predicted octanol–water partition coefficient (Wildman–Crippen LogP) is 2.79. The van der Waals surface area contributed by atoms with Crippen molar-refractivity contribution in [1.82, 2.24) is 4.31 Å². The molecule has 0 bridgehead atoms. The van der Waals surface area contributed by atoms with Gasteiger partial charge in [-0.2, -0.15) is 4.31 Å². The molecule has 7 heteroatoms. The maximum absolute atomic E-state index is 12.9. The van der Waals surface area contributed by atoms with Gasteiger partial charge in [0.05, 0.1) is 26.5 Å². The second-order valence-electron chi connectivity index (χ2n) is 6.18. The van der Waals surface area contributed by atoms with Crippen LogP contribution >= 0.6 is 0 Å². The molecular weight excluding hydrogens is 354 g/mol. The largest absolute Gasteiger partial charge is 0.493 e. The molecular formula is C19H21NO5S. The number of hydrogen-bond acceptors (Lipinski definition) is 5. The predicted molar refractivity (Wildman–Crippen MR) is 98.1 cm³/mol. The van der Waals surface area contributed by atoms with E-state index in [1.165, 1.54) is 18.5 Å². The minimum atomic E-state index is -3.66. The lowest BCUT2D eigenvalue weighted by Crippen LogP contribution is -2.42. The first kappa shape index (κ1) is 18.4. The van der Waals surface area contributed by atoms with Crippen molar-refractivity contribution in [2.24, 2.45) is 0 Å². The number of methoxy groups -OCH3 is 2. The molecule has 3 rings (SSSR count). The Balaban J connectivity index is 1.99. The van der Waals surface area contributed by atoms with Gasteiger partial charge in [0.2, 0.25) is 10.0 Å². The fraction of sp³-hybridized carbons (Fsp3) is 0.316. The van der Waals surface area contributed by atoms with E-state index < -0.39 is 16.1 Å². The zero-order chi connectivity index (χ0) is 18.9. The molecule has 1 aliphatic heterocycles. The Hall–Kier alpha value is -2.38. The molecule has 138 valence electrons. The summed E-state index contributed by atoms with van der Waals surface area (Å²) in [4.78, 5) is 12.6. The normalized spacial score (nSPS) is 17.7. The van der Waals surface area contributed by atoms with Crippen LogP contribution in [0.4, 0.5) is 0 Å².